The van der Waals surface area contributed by atoms with E-state index in [1.807, 2.05) is 24.3 Å². The minimum atomic E-state index is -4.94. The standard InChI is InChI=1S/C14H14F3N3O2S/c1-2-9-3-5-10(6-4-9)22-8-7-11-19-20-13(23-11)18-12(21)14(15,16)17/h3-6H,2,7-8H2,1H3,(H,18,20,21). The van der Waals surface area contributed by atoms with E-state index in [0.717, 1.165) is 17.8 Å². The van der Waals surface area contributed by atoms with Crippen LogP contribution in [0.15, 0.2) is 24.3 Å². The monoisotopic (exact) mass is 345 g/mol. The second-order valence-electron chi connectivity index (χ2n) is 4.55. The number of ether oxygens (including phenoxy) is 1. The van der Waals surface area contributed by atoms with Crippen molar-refractivity contribution < 1.29 is 22.7 Å². The van der Waals surface area contributed by atoms with Gasteiger partial charge >= 0.3 is 12.1 Å². The van der Waals surface area contributed by atoms with Crippen molar-refractivity contribution in [2.75, 3.05) is 11.9 Å². The highest BCUT2D eigenvalue weighted by atomic mass is 32.1. The minimum absolute atomic E-state index is 0.186. The summed E-state index contributed by atoms with van der Waals surface area (Å²) in [6.07, 6.45) is -3.62. The molecule has 9 heteroatoms. The minimum Gasteiger partial charge on any atom is -0.493 e. The van der Waals surface area contributed by atoms with Gasteiger partial charge in [-0.3, -0.25) is 10.1 Å². The Bertz CT molecular complexity index is 656. The number of aromatic nitrogens is 2. The maximum absolute atomic E-state index is 12.1. The number of nitrogens with one attached hydrogen (secondary N) is 1. The SMILES string of the molecule is CCc1ccc(OCCc2nnc(NC(=O)C(F)(F)F)s2)cc1. The molecule has 124 valence electrons. The lowest BCUT2D eigenvalue weighted by Gasteiger charge is -2.05. The summed E-state index contributed by atoms with van der Waals surface area (Å²) in [5.41, 5.74) is 1.20. The zero-order valence-corrected chi connectivity index (χ0v) is 13.0. The number of hydrogen-bond donors (Lipinski definition) is 1. The summed E-state index contributed by atoms with van der Waals surface area (Å²) in [5, 5.41) is 9.17. The molecule has 0 saturated carbocycles. The largest absolute Gasteiger partial charge is 0.493 e. The lowest BCUT2D eigenvalue weighted by molar-refractivity contribution is -0.167. The average Bonchev–Trinajstić information content (AvgIpc) is 2.94. The fourth-order valence-electron chi connectivity index (χ4n) is 1.65. The van der Waals surface area contributed by atoms with Crippen LogP contribution in [0, 0.1) is 0 Å². The van der Waals surface area contributed by atoms with Crippen LogP contribution in [0.25, 0.3) is 0 Å². The quantitative estimate of drug-likeness (QED) is 0.873. The van der Waals surface area contributed by atoms with Gasteiger partial charge in [0, 0.05) is 6.42 Å². The highest BCUT2D eigenvalue weighted by Crippen LogP contribution is 2.21. The van der Waals surface area contributed by atoms with Crippen molar-refractivity contribution in [3.63, 3.8) is 0 Å². The van der Waals surface area contributed by atoms with Crippen LogP contribution in [-0.2, 0) is 17.6 Å². The van der Waals surface area contributed by atoms with Crippen LogP contribution in [0.4, 0.5) is 18.3 Å². The smallest absolute Gasteiger partial charge is 0.471 e. The molecule has 1 amide bonds. The number of hydrogen-bond acceptors (Lipinski definition) is 5. The third-order valence-corrected chi connectivity index (χ3v) is 3.76. The van der Waals surface area contributed by atoms with E-state index in [1.54, 1.807) is 5.32 Å². The maximum Gasteiger partial charge on any atom is 0.471 e. The first-order chi connectivity index (χ1) is 10.9. The number of rotatable bonds is 6. The number of halogens is 3. The number of amides is 1. The number of aryl methyl sites for hydroxylation is 1. The Labute approximate surface area is 134 Å². The topological polar surface area (TPSA) is 64.1 Å². The van der Waals surface area contributed by atoms with Gasteiger partial charge in [0.05, 0.1) is 6.61 Å². The first-order valence-corrected chi connectivity index (χ1v) is 7.62. The first kappa shape index (κ1) is 17.2. The number of alkyl halides is 3. The summed E-state index contributed by atoms with van der Waals surface area (Å²) in [6.45, 7) is 2.37. The molecule has 5 nitrogen and oxygen atoms in total. The van der Waals surface area contributed by atoms with Gasteiger partial charge in [-0.05, 0) is 24.1 Å². The van der Waals surface area contributed by atoms with Gasteiger partial charge in [-0.2, -0.15) is 13.2 Å². The van der Waals surface area contributed by atoms with Crippen LogP contribution in [0.1, 0.15) is 17.5 Å². The molecule has 0 atom stereocenters. The molecule has 0 radical (unpaired) electrons. The second-order valence-corrected chi connectivity index (χ2v) is 5.61. The molecule has 1 aromatic carbocycles. The molecular weight excluding hydrogens is 331 g/mol. The number of benzene rings is 1. The van der Waals surface area contributed by atoms with Gasteiger partial charge < -0.3 is 4.74 Å². The van der Waals surface area contributed by atoms with Crippen LogP contribution < -0.4 is 10.1 Å². The normalized spacial score (nSPS) is 11.3. The van der Waals surface area contributed by atoms with E-state index in [0.29, 0.717) is 23.8 Å². The van der Waals surface area contributed by atoms with Gasteiger partial charge in [-0.25, -0.2) is 0 Å². The Kier molecular flexibility index (Phi) is 5.54. The fourth-order valence-corrected chi connectivity index (χ4v) is 2.37. The van der Waals surface area contributed by atoms with Gasteiger partial charge in [-0.1, -0.05) is 30.4 Å². The highest BCUT2D eigenvalue weighted by Gasteiger charge is 2.39. The van der Waals surface area contributed by atoms with Crippen molar-refractivity contribution in [3.05, 3.63) is 34.8 Å². The predicted octanol–water partition coefficient (Wildman–Crippen LogP) is 3.22. The van der Waals surface area contributed by atoms with Gasteiger partial charge in [0.1, 0.15) is 10.8 Å². The molecule has 0 saturated heterocycles. The zero-order valence-electron chi connectivity index (χ0n) is 12.2. The highest BCUT2D eigenvalue weighted by molar-refractivity contribution is 7.15. The summed E-state index contributed by atoms with van der Waals surface area (Å²) in [6, 6.07) is 7.64. The van der Waals surface area contributed by atoms with Crippen LogP contribution >= 0.6 is 11.3 Å². The number of anilines is 1. The first-order valence-electron chi connectivity index (χ1n) is 6.80. The molecule has 0 spiro atoms. The number of nitrogens with zero attached hydrogens (tertiary/aromatic N) is 2. The molecule has 2 aromatic rings. The summed E-state index contributed by atoms with van der Waals surface area (Å²) < 4.78 is 41.9. The molecule has 0 bridgehead atoms. The van der Waals surface area contributed by atoms with Gasteiger partial charge in [0.15, 0.2) is 0 Å². The number of carbonyl (C=O) groups is 1. The van der Waals surface area contributed by atoms with E-state index in [-0.39, 0.29) is 5.13 Å². The van der Waals surface area contributed by atoms with Gasteiger partial charge in [0.2, 0.25) is 5.13 Å². The predicted molar refractivity (Wildman–Crippen MR) is 79.6 cm³/mol. The van der Waals surface area contributed by atoms with E-state index in [2.05, 4.69) is 17.1 Å². The third kappa shape index (κ3) is 5.20. The third-order valence-electron chi connectivity index (χ3n) is 2.86. The zero-order chi connectivity index (χ0) is 16.9. The molecule has 1 heterocycles. The van der Waals surface area contributed by atoms with Crippen LogP contribution in [0.5, 0.6) is 5.75 Å². The Morgan fingerprint density at radius 2 is 1.96 bits per heavy atom. The van der Waals surface area contributed by atoms with Crippen LogP contribution in [0.3, 0.4) is 0 Å². The van der Waals surface area contributed by atoms with Crippen LogP contribution in [0.2, 0.25) is 0 Å². The maximum atomic E-state index is 12.1. The van der Waals surface area contributed by atoms with Crippen molar-refractivity contribution in [1.82, 2.24) is 10.2 Å². The molecule has 1 aromatic heterocycles. The van der Waals surface area contributed by atoms with Crippen molar-refractivity contribution in [3.8, 4) is 5.75 Å². The van der Waals surface area contributed by atoms with Gasteiger partial charge in [0.25, 0.3) is 0 Å². The summed E-state index contributed by atoms with van der Waals surface area (Å²) in [4.78, 5) is 10.8. The summed E-state index contributed by atoms with van der Waals surface area (Å²) in [7, 11) is 0. The van der Waals surface area contributed by atoms with Crippen LogP contribution in [-0.4, -0.2) is 28.9 Å². The lowest BCUT2D eigenvalue weighted by Crippen LogP contribution is -2.29. The van der Waals surface area contributed by atoms with Gasteiger partial charge in [-0.15, -0.1) is 10.2 Å². The lowest BCUT2D eigenvalue weighted by atomic mass is 10.2. The average molecular weight is 345 g/mol. The number of carbonyl (C=O) groups excluding carboxylic acids is 1. The molecule has 1 N–H and O–H groups in total. The van der Waals surface area contributed by atoms with E-state index in [1.165, 1.54) is 5.56 Å². The summed E-state index contributed by atoms with van der Waals surface area (Å²) >= 11 is 0.884. The Balaban J connectivity index is 1.81. The van der Waals surface area contributed by atoms with E-state index in [9.17, 15) is 18.0 Å². The second kappa shape index (κ2) is 7.40. The molecule has 0 aliphatic heterocycles. The molecule has 0 unspecified atom stereocenters. The molecule has 2 rings (SSSR count). The molecule has 0 aliphatic rings. The van der Waals surface area contributed by atoms with Crippen molar-refractivity contribution in [1.29, 1.82) is 0 Å². The van der Waals surface area contributed by atoms with Crippen molar-refractivity contribution >= 4 is 22.4 Å². The van der Waals surface area contributed by atoms with E-state index >= 15 is 0 Å². The molecule has 23 heavy (non-hydrogen) atoms. The fraction of sp³-hybridized carbons (Fsp3) is 0.357. The Morgan fingerprint density at radius 3 is 2.57 bits per heavy atom. The Morgan fingerprint density at radius 1 is 1.26 bits per heavy atom. The molecule has 0 aliphatic carbocycles. The summed E-state index contributed by atoms with van der Waals surface area (Å²) in [5.74, 6) is -1.36. The van der Waals surface area contributed by atoms with Crippen molar-refractivity contribution in [2.45, 2.75) is 25.9 Å². The van der Waals surface area contributed by atoms with E-state index < -0.39 is 12.1 Å². The van der Waals surface area contributed by atoms with Crippen molar-refractivity contribution in [2.24, 2.45) is 0 Å². The molecular formula is C14H14F3N3O2S. The molecule has 0 fully saturated rings. The Hall–Kier alpha value is -2.16. The van der Waals surface area contributed by atoms with E-state index in [4.69, 9.17) is 4.74 Å².